The molecule has 0 aromatic heterocycles. The smallest absolute Gasteiger partial charge is 0.222 e. The van der Waals surface area contributed by atoms with Crippen LogP contribution in [0.4, 0.5) is 0 Å². The molecule has 0 spiro atoms. The molecule has 0 aliphatic heterocycles. The number of primary amides is 1. The summed E-state index contributed by atoms with van der Waals surface area (Å²) in [7, 11) is 0. The topological polar surface area (TPSA) is 69.1 Å². The van der Waals surface area contributed by atoms with Crippen molar-refractivity contribution in [2.24, 2.45) is 29.2 Å². The van der Waals surface area contributed by atoms with E-state index < -0.39 is 0 Å². The number of fused-ring (bicyclic) bond motifs is 2. The van der Waals surface area contributed by atoms with Gasteiger partial charge in [-0.15, -0.1) is 0 Å². The second-order valence-electron chi connectivity index (χ2n) is 3.45. The van der Waals surface area contributed by atoms with E-state index in [9.17, 15) is 4.79 Å². The van der Waals surface area contributed by atoms with Crippen LogP contribution in [0.1, 0.15) is 6.42 Å². The summed E-state index contributed by atoms with van der Waals surface area (Å²) in [5.41, 5.74) is 11.0. The van der Waals surface area contributed by atoms with Crippen molar-refractivity contribution >= 4 is 5.91 Å². The standard InChI is InChI=1S/C8H12N2O/c9-7-5-2-1-4(3-5)6(7)8(10)11/h1-2,4-7H,3,9H2,(H2,10,11)/t4-,5-,6+,7-/m0/s1. The van der Waals surface area contributed by atoms with Gasteiger partial charge in [0.15, 0.2) is 0 Å². The number of carbonyl (C=O) groups is 1. The third-order valence-corrected chi connectivity index (χ3v) is 2.85. The van der Waals surface area contributed by atoms with E-state index in [1.807, 2.05) is 0 Å². The SMILES string of the molecule is NC(=O)[C@H]1[C@@H](N)[C@H]2C=C[C@H]1C2. The maximum Gasteiger partial charge on any atom is 0.222 e. The van der Waals surface area contributed by atoms with Gasteiger partial charge in [0, 0.05) is 6.04 Å². The molecule has 0 aromatic rings. The van der Waals surface area contributed by atoms with Crippen LogP contribution in [0.15, 0.2) is 12.2 Å². The third kappa shape index (κ3) is 0.807. The van der Waals surface area contributed by atoms with Crippen LogP contribution in [0.25, 0.3) is 0 Å². The molecule has 11 heavy (non-hydrogen) atoms. The van der Waals surface area contributed by atoms with E-state index in [4.69, 9.17) is 11.5 Å². The lowest BCUT2D eigenvalue weighted by Gasteiger charge is -2.20. The fourth-order valence-electron chi connectivity index (χ4n) is 2.26. The molecule has 0 heterocycles. The highest BCUT2D eigenvalue weighted by atomic mass is 16.1. The molecular weight excluding hydrogens is 140 g/mol. The number of amides is 1. The van der Waals surface area contributed by atoms with E-state index in [0.29, 0.717) is 11.8 Å². The summed E-state index contributed by atoms with van der Waals surface area (Å²) in [5.74, 6) is 0.379. The Bertz CT molecular complexity index is 224. The Morgan fingerprint density at radius 1 is 1.36 bits per heavy atom. The van der Waals surface area contributed by atoms with Gasteiger partial charge in [0.25, 0.3) is 0 Å². The van der Waals surface area contributed by atoms with Crippen molar-refractivity contribution in [2.45, 2.75) is 12.5 Å². The van der Waals surface area contributed by atoms with Gasteiger partial charge in [-0.25, -0.2) is 0 Å². The molecule has 60 valence electrons. The number of hydrogen-bond acceptors (Lipinski definition) is 2. The molecule has 1 amide bonds. The first-order valence-corrected chi connectivity index (χ1v) is 3.93. The van der Waals surface area contributed by atoms with Gasteiger partial charge < -0.3 is 11.5 Å². The van der Waals surface area contributed by atoms with E-state index in [0.717, 1.165) is 6.42 Å². The maximum absolute atomic E-state index is 10.9. The highest BCUT2D eigenvalue weighted by molar-refractivity contribution is 5.79. The third-order valence-electron chi connectivity index (χ3n) is 2.85. The molecule has 2 aliphatic carbocycles. The van der Waals surface area contributed by atoms with Crippen LogP contribution in [-0.2, 0) is 4.79 Å². The van der Waals surface area contributed by atoms with Crippen LogP contribution in [0, 0.1) is 17.8 Å². The number of nitrogens with two attached hydrogens (primary N) is 2. The molecule has 3 nitrogen and oxygen atoms in total. The van der Waals surface area contributed by atoms with Crippen molar-refractivity contribution in [1.29, 1.82) is 0 Å². The van der Waals surface area contributed by atoms with Crippen LogP contribution < -0.4 is 11.5 Å². The molecule has 4 atom stereocenters. The van der Waals surface area contributed by atoms with Gasteiger partial charge in [0.2, 0.25) is 5.91 Å². The van der Waals surface area contributed by atoms with E-state index in [1.54, 1.807) is 0 Å². The van der Waals surface area contributed by atoms with Crippen LogP contribution in [0.3, 0.4) is 0 Å². The van der Waals surface area contributed by atoms with E-state index in [-0.39, 0.29) is 17.9 Å². The number of hydrogen-bond donors (Lipinski definition) is 2. The molecule has 0 unspecified atom stereocenters. The second kappa shape index (κ2) is 2.08. The molecule has 1 saturated carbocycles. The number of allylic oxidation sites excluding steroid dienone is 1. The average molecular weight is 152 g/mol. The first kappa shape index (κ1) is 6.85. The van der Waals surface area contributed by atoms with Crippen LogP contribution in [0.2, 0.25) is 0 Å². The Hall–Kier alpha value is -0.830. The molecule has 2 aliphatic rings. The van der Waals surface area contributed by atoms with Crippen molar-refractivity contribution in [3.63, 3.8) is 0 Å². The molecule has 2 bridgehead atoms. The Morgan fingerprint density at radius 3 is 2.36 bits per heavy atom. The molecular formula is C8H12N2O. The van der Waals surface area contributed by atoms with Crippen molar-refractivity contribution in [1.82, 2.24) is 0 Å². The average Bonchev–Trinajstić information content (AvgIpc) is 2.44. The lowest BCUT2D eigenvalue weighted by Crippen LogP contribution is -2.41. The predicted molar refractivity (Wildman–Crippen MR) is 41.4 cm³/mol. The fraction of sp³-hybridized carbons (Fsp3) is 0.625. The van der Waals surface area contributed by atoms with Gasteiger partial charge >= 0.3 is 0 Å². The summed E-state index contributed by atoms with van der Waals surface area (Å²) in [5, 5.41) is 0. The minimum atomic E-state index is -0.241. The molecule has 0 radical (unpaired) electrons. The summed E-state index contributed by atoms with van der Waals surface area (Å²) in [4.78, 5) is 10.9. The normalized spacial score (nSPS) is 46.6. The van der Waals surface area contributed by atoms with Gasteiger partial charge in [0.05, 0.1) is 5.92 Å². The van der Waals surface area contributed by atoms with Crippen LogP contribution >= 0.6 is 0 Å². The van der Waals surface area contributed by atoms with Crippen LogP contribution in [0.5, 0.6) is 0 Å². The van der Waals surface area contributed by atoms with Crippen LogP contribution in [-0.4, -0.2) is 11.9 Å². The highest BCUT2D eigenvalue weighted by Crippen LogP contribution is 2.42. The summed E-state index contributed by atoms with van der Waals surface area (Å²) in [6.07, 6.45) is 5.20. The summed E-state index contributed by atoms with van der Waals surface area (Å²) in [6, 6.07) is -0.0255. The maximum atomic E-state index is 10.9. The number of rotatable bonds is 1. The van der Waals surface area contributed by atoms with Gasteiger partial charge in [-0.2, -0.15) is 0 Å². The predicted octanol–water partition coefficient (Wildman–Crippen LogP) is -0.379. The lowest BCUT2D eigenvalue weighted by atomic mass is 9.89. The quantitative estimate of drug-likeness (QED) is 0.503. The second-order valence-corrected chi connectivity index (χ2v) is 3.45. The van der Waals surface area contributed by atoms with Crippen molar-refractivity contribution in [3.05, 3.63) is 12.2 Å². The van der Waals surface area contributed by atoms with Crippen molar-refractivity contribution < 1.29 is 4.79 Å². The zero-order valence-electron chi connectivity index (χ0n) is 6.23. The number of carbonyl (C=O) groups excluding carboxylic acids is 1. The van der Waals surface area contributed by atoms with E-state index in [2.05, 4.69) is 12.2 Å². The largest absolute Gasteiger partial charge is 0.369 e. The first-order valence-electron chi connectivity index (χ1n) is 3.93. The molecule has 4 N–H and O–H groups in total. The fourth-order valence-corrected chi connectivity index (χ4v) is 2.26. The van der Waals surface area contributed by atoms with Crippen molar-refractivity contribution in [2.75, 3.05) is 0 Å². The minimum Gasteiger partial charge on any atom is -0.369 e. The Balaban J connectivity index is 2.25. The molecule has 0 saturated heterocycles. The van der Waals surface area contributed by atoms with Crippen molar-refractivity contribution in [3.8, 4) is 0 Å². The molecule has 0 aromatic carbocycles. The van der Waals surface area contributed by atoms with Gasteiger partial charge in [-0.05, 0) is 18.3 Å². The summed E-state index contributed by atoms with van der Waals surface area (Å²) in [6.45, 7) is 0. The lowest BCUT2D eigenvalue weighted by molar-refractivity contribution is -0.122. The zero-order chi connectivity index (χ0) is 8.01. The zero-order valence-corrected chi connectivity index (χ0v) is 6.23. The van der Waals surface area contributed by atoms with E-state index in [1.165, 1.54) is 0 Å². The summed E-state index contributed by atoms with van der Waals surface area (Å²) >= 11 is 0. The van der Waals surface area contributed by atoms with E-state index >= 15 is 0 Å². The Labute approximate surface area is 65.4 Å². The molecule has 2 rings (SSSR count). The highest BCUT2D eigenvalue weighted by Gasteiger charge is 2.45. The molecule has 3 heteroatoms. The van der Waals surface area contributed by atoms with Gasteiger partial charge in [-0.3, -0.25) is 4.79 Å². The Kier molecular flexibility index (Phi) is 1.29. The Morgan fingerprint density at radius 2 is 2.00 bits per heavy atom. The minimum absolute atomic E-state index is 0.0255. The monoisotopic (exact) mass is 152 g/mol. The molecule has 1 fully saturated rings. The summed E-state index contributed by atoms with van der Waals surface area (Å²) < 4.78 is 0. The first-order chi connectivity index (χ1) is 5.20. The van der Waals surface area contributed by atoms with Gasteiger partial charge in [-0.1, -0.05) is 12.2 Å². The van der Waals surface area contributed by atoms with Gasteiger partial charge in [0.1, 0.15) is 0 Å².